The first-order chi connectivity index (χ1) is 9.37. The number of nitrogens with zero attached hydrogens (tertiary/aromatic N) is 2. The van der Waals surface area contributed by atoms with Gasteiger partial charge in [-0.2, -0.15) is 0 Å². The fraction of sp³-hybridized carbons (Fsp3) is 0.571. The van der Waals surface area contributed by atoms with Crippen LogP contribution in [0.5, 0.6) is 0 Å². The van der Waals surface area contributed by atoms with Crippen molar-refractivity contribution in [2.75, 3.05) is 25.0 Å². The summed E-state index contributed by atoms with van der Waals surface area (Å²) >= 11 is 5.75. The summed E-state index contributed by atoms with van der Waals surface area (Å²) in [5.74, 6) is 0.457. The number of nitrogens with two attached hydrogens (primary N) is 1. The van der Waals surface area contributed by atoms with Crippen LogP contribution in [0, 0.1) is 5.41 Å². The number of amides is 1. The molecule has 3 N–H and O–H groups in total. The molecule has 2 heterocycles. The number of rotatable bonds is 3. The van der Waals surface area contributed by atoms with E-state index in [-0.39, 0.29) is 42.2 Å². The molecule has 1 amide bonds. The lowest BCUT2D eigenvalue weighted by molar-refractivity contribution is -0.118. The molecule has 1 aromatic heterocycles. The number of anilines is 1. The topological polar surface area (TPSA) is 71.2 Å². The number of carbonyl (C=O) groups is 1. The van der Waals surface area contributed by atoms with E-state index in [9.17, 15) is 4.79 Å². The minimum absolute atomic E-state index is 0. The molecule has 0 saturated carbocycles. The fourth-order valence-corrected chi connectivity index (χ4v) is 2.57. The number of likely N-dealkylation sites (tertiary alicyclic amines) is 1. The Morgan fingerprint density at radius 1 is 1.50 bits per heavy atom. The van der Waals surface area contributed by atoms with Crippen molar-refractivity contribution in [2.24, 2.45) is 11.1 Å². The molecule has 1 fully saturated rings. The maximum Gasteiger partial charge on any atom is 0.239 e. The summed E-state index contributed by atoms with van der Waals surface area (Å²) in [6.45, 7) is 6.33. The molecular weight excluding hydrogens is 347 g/mol. The number of hydrogen-bond donors (Lipinski definition) is 2. The van der Waals surface area contributed by atoms with E-state index in [4.69, 9.17) is 17.3 Å². The third kappa shape index (κ3) is 5.89. The Hall–Kier alpha value is -0.590. The van der Waals surface area contributed by atoms with Crippen molar-refractivity contribution in [1.82, 2.24) is 9.88 Å². The largest absolute Gasteiger partial charge is 0.327 e. The molecule has 126 valence electrons. The minimum atomic E-state index is -0.0638. The first-order valence-electron chi connectivity index (χ1n) is 6.76. The Balaban J connectivity index is 0.00000220. The molecule has 0 aliphatic carbocycles. The molecule has 1 aliphatic heterocycles. The summed E-state index contributed by atoms with van der Waals surface area (Å²) in [6, 6.07) is 3.59. The second kappa shape index (κ2) is 8.89. The smallest absolute Gasteiger partial charge is 0.239 e. The van der Waals surface area contributed by atoms with Crippen molar-refractivity contribution in [3.8, 4) is 0 Å². The summed E-state index contributed by atoms with van der Waals surface area (Å²) in [4.78, 5) is 18.2. The van der Waals surface area contributed by atoms with Crippen LogP contribution in [-0.2, 0) is 4.79 Å². The molecule has 0 aromatic carbocycles. The first-order valence-corrected chi connectivity index (χ1v) is 7.14. The maximum atomic E-state index is 12.0. The van der Waals surface area contributed by atoms with E-state index in [1.54, 1.807) is 12.1 Å². The van der Waals surface area contributed by atoms with Gasteiger partial charge >= 0.3 is 0 Å². The third-order valence-electron chi connectivity index (χ3n) is 3.75. The average molecular weight is 370 g/mol. The molecule has 1 aromatic rings. The average Bonchev–Trinajstić information content (AvgIpc) is 2.36. The Morgan fingerprint density at radius 3 is 2.73 bits per heavy atom. The molecular formula is C14H23Cl3N4O. The molecule has 1 saturated heterocycles. The van der Waals surface area contributed by atoms with Crippen LogP contribution < -0.4 is 11.1 Å². The number of halogens is 3. The normalized spacial score (nSPS) is 20.5. The Morgan fingerprint density at radius 2 is 2.18 bits per heavy atom. The molecule has 22 heavy (non-hydrogen) atoms. The minimum Gasteiger partial charge on any atom is -0.327 e. The second-order valence-corrected chi connectivity index (χ2v) is 6.44. The molecule has 5 nitrogen and oxygen atoms in total. The highest BCUT2D eigenvalue weighted by Crippen LogP contribution is 2.27. The highest BCUT2D eigenvalue weighted by Gasteiger charge is 2.33. The lowest BCUT2D eigenvalue weighted by atomic mass is 9.80. The van der Waals surface area contributed by atoms with E-state index < -0.39 is 0 Å². The molecule has 8 heteroatoms. The van der Waals surface area contributed by atoms with Crippen molar-refractivity contribution in [3.05, 3.63) is 23.4 Å². The number of nitrogens with one attached hydrogen (secondary N) is 1. The van der Waals surface area contributed by atoms with Crippen LogP contribution in [0.3, 0.4) is 0 Å². The van der Waals surface area contributed by atoms with Crippen LogP contribution in [0.4, 0.5) is 5.82 Å². The van der Waals surface area contributed by atoms with Gasteiger partial charge in [0.15, 0.2) is 0 Å². The van der Waals surface area contributed by atoms with Gasteiger partial charge in [0.2, 0.25) is 5.91 Å². The van der Waals surface area contributed by atoms with Crippen LogP contribution in [0.25, 0.3) is 0 Å². The first kappa shape index (κ1) is 21.4. The van der Waals surface area contributed by atoms with Crippen molar-refractivity contribution >= 4 is 48.1 Å². The van der Waals surface area contributed by atoms with Gasteiger partial charge in [-0.1, -0.05) is 25.4 Å². The zero-order valence-corrected chi connectivity index (χ0v) is 15.1. The summed E-state index contributed by atoms with van der Waals surface area (Å²) in [7, 11) is 0. The fourth-order valence-electron chi connectivity index (χ4n) is 2.46. The predicted molar refractivity (Wildman–Crippen MR) is 95.2 cm³/mol. The number of carbonyl (C=O) groups excluding carboxylic acids is 1. The summed E-state index contributed by atoms with van der Waals surface area (Å²) in [5, 5.41) is 3.32. The predicted octanol–water partition coefficient (Wildman–Crippen LogP) is 2.58. The van der Waals surface area contributed by atoms with Crippen molar-refractivity contribution in [3.63, 3.8) is 0 Å². The standard InChI is InChI=1S/C14H21ClN4O.2ClH/c1-14(2)9-19(6-5-11(14)16)8-13(20)18-12-4-3-10(15)7-17-12;;/h3-4,7,11H,5-6,8-9,16H2,1-2H3,(H,17,18,20);2*1H. The molecule has 0 radical (unpaired) electrons. The number of aromatic nitrogens is 1. The van der Waals surface area contributed by atoms with Gasteiger partial charge in [-0.3, -0.25) is 9.69 Å². The van der Waals surface area contributed by atoms with E-state index >= 15 is 0 Å². The van der Waals surface area contributed by atoms with Gasteiger partial charge in [-0.15, -0.1) is 24.8 Å². The summed E-state index contributed by atoms with van der Waals surface area (Å²) in [6.07, 6.45) is 2.43. The van der Waals surface area contributed by atoms with Crippen molar-refractivity contribution in [1.29, 1.82) is 0 Å². The van der Waals surface area contributed by atoms with E-state index in [1.165, 1.54) is 6.20 Å². The van der Waals surface area contributed by atoms with Gasteiger partial charge in [0.05, 0.1) is 11.6 Å². The van der Waals surface area contributed by atoms with Crippen LogP contribution in [0.1, 0.15) is 20.3 Å². The van der Waals surface area contributed by atoms with E-state index in [1.807, 2.05) is 0 Å². The lowest BCUT2D eigenvalue weighted by Gasteiger charge is -2.42. The second-order valence-electron chi connectivity index (χ2n) is 6.00. The molecule has 0 spiro atoms. The summed E-state index contributed by atoms with van der Waals surface area (Å²) in [5.41, 5.74) is 6.13. The molecule has 2 rings (SSSR count). The van der Waals surface area contributed by atoms with Crippen LogP contribution >= 0.6 is 36.4 Å². The van der Waals surface area contributed by atoms with E-state index in [0.29, 0.717) is 17.4 Å². The number of hydrogen-bond acceptors (Lipinski definition) is 4. The van der Waals surface area contributed by atoms with Crippen LogP contribution in [0.15, 0.2) is 18.3 Å². The van der Waals surface area contributed by atoms with Gasteiger partial charge in [-0.25, -0.2) is 4.98 Å². The third-order valence-corrected chi connectivity index (χ3v) is 3.98. The Bertz CT molecular complexity index is 481. The maximum absolute atomic E-state index is 12.0. The zero-order chi connectivity index (χ0) is 14.8. The summed E-state index contributed by atoms with van der Waals surface area (Å²) < 4.78 is 0. The van der Waals surface area contributed by atoms with E-state index in [0.717, 1.165) is 19.5 Å². The molecule has 1 atom stereocenters. The van der Waals surface area contributed by atoms with Gasteiger partial charge < -0.3 is 11.1 Å². The lowest BCUT2D eigenvalue weighted by Crippen LogP contribution is -2.53. The van der Waals surface area contributed by atoms with E-state index in [2.05, 4.69) is 29.0 Å². The van der Waals surface area contributed by atoms with Gasteiger partial charge in [0, 0.05) is 25.3 Å². The van der Waals surface area contributed by atoms with Crippen LogP contribution in [0.2, 0.25) is 5.02 Å². The quantitative estimate of drug-likeness (QED) is 0.859. The Kier molecular flexibility index (Phi) is 8.65. The molecule has 0 bridgehead atoms. The highest BCUT2D eigenvalue weighted by atomic mass is 35.5. The molecule has 1 aliphatic rings. The molecule has 1 unspecified atom stereocenters. The number of pyridine rings is 1. The SMILES string of the molecule is CC1(C)CN(CC(=O)Nc2ccc(Cl)cn2)CCC1N.Cl.Cl. The van der Waals surface area contributed by atoms with Gasteiger partial charge in [-0.05, 0) is 24.0 Å². The van der Waals surface area contributed by atoms with Crippen molar-refractivity contribution < 1.29 is 4.79 Å². The Labute approximate surface area is 148 Å². The van der Waals surface area contributed by atoms with Gasteiger partial charge in [0.25, 0.3) is 0 Å². The number of piperidine rings is 1. The highest BCUT2D eigenvalue weighted by molar-refractivity contribution is 6.30. The van der Waals surface area contributed by atoms with Gasteiger partial charge in [0.1, 0.15) is 5.82 Å². The zero-order valence-electron chi connectivity index (χ0n) is 12.7. The van der Waals surface area contributed by atoms with Crippen molar-refractivity contribution in [2.45, 2.75) is 26.3 Å². The van der Waals surface area contributed by atoms with Crippen LogP contribution in [-0.4, -0.2) is 41.5 Å². The monoisotopic (exact) mass is 368 g/mol.